The molecule has 0 spiro atoms. The molecule has 3 rings (SSSR count). The van der Waals surface area contributed by atoms with Crippen LogP contribution in [0.3, 0.4) is 0 Å². The maximum Gasteiger partial charge on any atom is 0.338 e. The molecule has 0 saturated carbocycles. The van der Waals surface area contributed by atoms with Gasteiger partial charge in [0, 0.05) is 6.92 Å². The maximum absolute atomic E-state index is 12.5. The zero-order valence-electron chi connectivity index (χ0n) is 16.7. The number of rotatable bonds is 6. The summed E-state index contributed by atoms with van der Waals surface area (Å²) in [6.07, 6.45) is -1.94. The highest BCUT2D eigenvalue weighted by molar-refractivity contribution is 5.90. The van der Waals surface area contributed by atoms with Crippen LogP contribution in [-0.4, -0.2) is 58.6 Å². The van der Waals surface area contributed by atoms with Crippen molar-refractivity contribution in [3.8, 4) is 0 Å². The molecule has 8 nitrogen and oxygen atoms in total. The van der Waals surface area contributed by atoms with E-state index in [1.165, 1.54) is 18.2 Å². The number of carbonyl (C=O) groups excluding carboxylic acids is 3. The molecule has 0 fully saturated rings. The molecule has 0 bridgehead atoms. The molecule has 2 aromatic carbocycles. The molecule has 31 heavy (non-hydrogen) atoms. The number of ether oxygens (including phenoxy) is 3. The molecule has 0 heterocycles. The Morgan fingerprint density at radius 3 is 2.00 bits per heavy atom. The second-order valence-corrected chi connectivity index (χ2v) is 7.05. The van der Waals surface area contributed by atoms with Crippen LogP contribution in [0, 0.1) is 0 Å². The van der Waals surface area contributed by atoms with Crippen LogP contribution in [0.5, 0.6) is 0 Å². The Morgan fingerprint density at radius 1 is 0.903 bits per heavy atom. The number of benzene rings is 2. The second-order valence-electron chi connectivity index (χ2n) is 7.05. The summed E-state index contributed by atoms with van der Waals surface area (Å²) in [6.45, 7) is 0.512. The van der Waals surface area contributed by atoms with Gasteiger partial charge in [-0.3, -0.25) is 4.79 Å². The summed E-state index contributed by atoms with van der Waals surface area (Å²) >= 11 is 0. The lowest BCUT2D eigenvalue weighted by Gasteiger charge is -2.41. The smallest absolute Gasteiger partial charge is 0.338 e. The van der Waals surface area contributed by atoms with Crippen molar-refractivity contribution in [1.82, 2.24) is 0 Å². The van der Waals surface area contributed by atoms with E-state index in [2.05, 4.69) is 0 Å². The number of esters is 3. The third-order valence-electron chi connectivity index (χ3n) is 4.70. The van der Waals surface area contributed by atoms with Gasteiger partial charge in [-0.05, 0) is 30.3 Å². The van der Waals surface area contributed by atoms with Gasteiger partial charge in [0.1, 0.15) is 12.7 Å². The van der Waals surface area contributed by atoms with Gasteiger partial charge >= 0.3 is 17.9 Å². The number of aliphatic hydroxyl groups excluding tert-OH is 1. The first kappa shape index (κ1) is 22.2. The fourth-order valence-corrected chi connectivity index (χ4v) is 3.15. The summed E-state index contributed by atoms with van der Waals surface area (Å²) in [7, 11) is 0. The fraction of sp³-hybridized carbons (Fsp3) is 0.261. The summed E-state index contributed by atoms with van der Waals surface area (Å²) in [4.78, 5) is 36.4. The summed E-state index contributed by atoms with van der Waals surface area (Å²) < 4.78 is 15.8. The predicted molar refractivity (Wildman–Crippen MR) is 108 cm³/mol. The lowest BCUT2D eigenvalue weighted by atomic mass is 9.84. The normalized spacial score (nSPS) is 24.8. The standard InChI is InChI=1S/C23H22O8/c1-15(24)30-20-19(31-22(27)17-10-6-3-7-11-17)18(25)12-13-23(20,28)14-29-21(26)16-8-4-2-5-9-16/h2-13,18-20,25,28H,14H2,1H3/t18-,19-,20+,23-/m0/s1. The van der Waals surface area contributed by atoms with Crippen LogP contribution in [0.1, 0.15) is 27.6 Å². The van der Waals surface area contributed by atoms with Crippen LogP contribution in [0.4, 0.5) is 0 Å². The minimum absolute atomic E-state index is 0.213. The Morgan fingerprint density at radius 2 is 1.45 bits per heavy atom. The monoisotopic (exact) mass is 426 g/mol. The third kappa shape index (κ3) is 5.36. The number of hydrogen-bond donors (Lipinski definition) is 2. The van der Waals surface area contributed by atoms with Crippen LogP contribution < -0.4 is 0 Å². The highest BCUT2D eigenvalue weighted by Crippen LogP contribution is 2.30. The average Bonchev–Trinajstić information content (AvgIpc) is 2.78. The highest BCUT2D eigenvalue weighted by atomic mass is 16.6. The lowest BCUT2D eigenvalue weighted by molar-refractivity contribution is -0.187. The van der Waals surface area contributed by atoms with E-state index in [0.717, 1.165) is 13.0 Å². The first-order valence-corrected chi connectivity index (χ1v) is 9.55. The molecule has 0 radical (unpaired) electrons. The molecule has 2 N–H and O–H groups in total. The molecule has 4 atom stereocenters. The Hall–Kier alpha value is -3.49. The van der Waals surface area contributed by atoms with Crippen molar-refractivity contribution in [2.75, 3.05) is 6.61 Å². The van der Waals surface area contributed by atoms with Gasteiger partial charge in [0.2, 0.25) is 0 Å². The van der Waals surface area contributed by atoms with Gasteiger partial charge in [0.05, 0.1) is 11.1 Å². The zero-order valence-corrected chi connectivity index (χ0v) is 16.7. The SMILES string of the molecule is CC(=O)O[C@@H]1[C@@H](OC(=O)c2ccccc2)[C@@H](O)C=C[C@]1(O)COC(=O)c1ccccc1. The quantitative estimate of drug-likeness (QED) is 0.407. The van der Waals surface area contributed by atoms with Crippen molar-refractivity contribution in [3.05, 3.63) is 83.9 Å². The first-order chi connectivity index (χ1) is 14.8. The minimum Gasteiger partial charge on any atom is -0.459 e. The molecule has 2 aromatic rings. The van der Waals surface area contributed by atoms with E-state index in [0.29, 0.717) is 0 Å². The third-order valence-corrected chi connectivity index (χ3v) is 4.70. The number of aliphatic hydroxyl groups is 2. The topological polar surface area (TPSA) is 119 Å². The molecule has 8 heteroatoms. The molecule has 0 amide bonds. The molecule has 162 valence electrons. The van der Waals surface area contributed by atoms with E-state index in [9.17, 15) is 24.6 Å². The van der Waals surface area contributed by atoms with Crippen LogP contribution in [0.15, 0.2) is 72.8 Å². The average molecular weight is 426 g/mol. The Bertz CT molecular complexity index is 956. The van der Waals surface area contributed by atoms with Gasteiger partial charge in [-0.1, -0.05) is 42.5 Å². The van der Waals surface area contributed by atoms with E-state index < -0.39 is 48.4 Å². The van der Waals surface area contributed by atoms with E-state index in [1.54, 1.807) is 48.5 Å². The van der Waals surface area contributed by atoms with Crippen molar-refractivity contribution in [3.63, 3.8) is 0 Å². The predicted octanol–water partition coefficient (Wildman–Crippen LogP) is 1.66. The van der Waals surface area contributed by atoms with Gasteiger partial charge in [0.25, 0.3) is 0 Å². The molecule has 0 aliphatic heterocycles. The van der Waals surface area contributed by atoms with Crippen molar-refractivity contribution in [2.24, 2.45) is 0 Å². The molecule has 1 aliphatic carbocycles. The van der Waals surface area contributed by atoms with Crippen LogP contribution >= 0.6 is 0 Å². The Kier molecular flexibility index (Phi) is 6.84. The van der Waals surface area contributed by atoms with Crippen molar-refractivity contribution < 1.29 is 38.8 Å². The molecular formula is C23H22O8. The van der Waals surface area contributed by atoms with Crippen LogP contribution in [0.2, 0.25) is 0 Å². The first-order valence-electron chi connectivity index (χ1n) is 9.55. The van der Waals surface area contributed by atoms with Gasteiger partial charge in [-0.2, -0.15) is 0 Å². The van der Waals surface area contributed by atoms with E-state index in [-0.39, 0.29) is 11.1 Å². The van der Waals surface area contributed by atoms with E-state index in [1.807, 2.05) is 0 Å². The second kappa shape index (κ2) is 9.55. The summed E-state index contributed by atoms with van der Waals surface area (Å²) in [5.74, 6) is -2.25. The van der Waals surface area contributed by atoms with Crippen molar-refractivity contribution in [2.45, 2.75) is 30.8 Å². The number of hydrogen-bond acceptors (Lipinski definition) is 8. The Balaban J connectivity index is 1.81. The molecule has 0 unspecified atom stereocenters. The van der Waals surface area contributed by atoms with Gasteiger partial charge < -0.3 is 24.4 Å². The molecule has 0 aromatic heterocycles. The van der Waals surface area contributed by atoms with E-state index in [4.69, 9.17) is 14.2 Å². The van der Waals surface area contributed by atoms with E-state index >= 15 is 0 Å². The summed E-state index contributed by atoms with van der Waals surface area (Å²) in [5, 5.41) is 21.5. The van der Waals surface area contributed by atoms with Gasteiger partial charge in [-0.25, -0.2) is 9.59 Å². The minimum atomic E-state index is -2.03. The maximum atomic E-state index is 12.5. The largest absolute Gasteiger partial charge is 0.459 e. The molecule has 0 saturated heterocycles. The Labute approximate surface area is 178 Å². The summed E-state index contributed by atoms with van der Waals surface area (Å²) in [6, 6.07) is 16.2. The highest BCUT2D eigenvalue weighted by Gasteiger charge is 2.50. The fourth-order valence-electron chi connectivity index (χ4n) is 3.15. The van der Waals surface area contributed by atoms with Crippen molar-refractivity contribution >= 4 is 17.9 Å². The van der Waals surface area contributed by atoms with Gasteiger partial charge in [-0.15, -0.1) is 0 Å². The summed E-state index contributed by atoms with van der Waals surface area (Å²) in [5.41, 5.74) is -1.55. The molecule has 1 aliphatic rings. The number of carbonyl (C=O) groups is 3. The van der Waals surface area contributed by atoms with Gasteiger partial charge in [0.15, 0.2) is 17.8 Å². The van der Waals surface area contributed by atoms with Crippen LogP contribution in [-0.2, 0) is 19.0 Å². The molecular weight excluding hydrogens is 404 g/mol. The van der Waals surface area contributed by atoms with Crippen LogP contribution in [0.25, 0.3) is 0 Å². The lowest BCUT2D eigenvalue weighted by Crippen LogP contribution is -2.60. The zero-order chi connectivity index (χ0) is 22.4. The van der Waals surface area contributed by atoms with Crippen molar-refractivity contribution in [1.29, 1.82) is 0 Å².